The minimum absolute atomic E-state index is 0.121. The number of carbonyl (C=O) groups excluding carboxylic acids is 1. The molecular weight excluding hydrogens is 412 g/mol. The smallest absolute Gasteiger partial charge is 0.266 e. The van der Waals surface area contributed by atoms with Gasteiger partial charge in [0.25, 0.3) is 5.91 Å². The molecule has 4 rings (SSSR count). The Morgan fingerprint density at radius 3 is 2.29 bits per heavy atom. The quantitative estimate of drug-likeness (QED) is 0.476. The minimum atomic E-state index is -0.121. The van der Waals surface area contributed by atoms with Crippen LogP contribution in [0.3, 0.4) is 0 Å². The molecule has 3 aromatic carbocycles. The molecule has 0 radical (unpaired) electrons. The van der Waals surface area contributed by atoms with Gasteiger partial charge < -0.3 is 0 Å². The molecular formula is C24H19BrN2O. The van der Waals surface area contributed by atoms with E-state index in [1.165, 1.54) is 5.56 Å². The highest BCUT2D eigenvalue weighted by Crippen LogP contribution is 2.28. The van der Waals surface area contributed by atoms with Crippen LogP contribution in [0.1, 0.15) is 22.3 Å². The maximum absolute atomic E-state index is 13.3. The van der Waals surface area contributed by atoms with E-state index in [1.807, 2.05) is 92.7 Å². The van der Waals surface area contributed by atoms with Crippen molar-refractivity contribution < 1.29 is 4.79 Å². The lowest BCUT2D eigenvalue weighted by molar-refractivity contribution is -0.113. The number of nitrogens with zero attached hydrogens (tertiary/aromatic N) is 2. The zero-order valence-electron chi connectivity index (χ0n) is 15.7. The van der Waals surface area contributed by atoms with Crippen LogP contribution in [-0.4, -0.2) is 11.7 Å². The highest BCUT2D eigenvalue weighted by Gasteiger charge is 2.32. The lowest BCUT2D eigenvalue weighted by Gasteiger charge is -2.19. The van der Waals surface area contributed by atoms with E-state index in [0.29, 0.717) is 11.5 Å². The van der Waals surface area contributed by atoms with E-state index in [4.69, 9.17) is 4.99 Å². The number of aliphatic imine (C=N–C) groups is 1. The maximum Gasteiger partial charge on any atom is 0.282 e. The Labute approximate surface area is 173 Å². The van der Waals surface area contributed by atoms with E-state index in [0.717, 1.165) is 26.9 Å². The van der Waals surface area contributed by atoms with Gasteiger partial charge in [-0.05, 0) is 55.3 Å². The number of benzene rings is 3. The molecule has 3 aromatic rings. The van der Waals surface area contributed by atoms with Crippen molar-refractivity contribution in [2.24, 2.45) is 4.99 Å². The van der Waals surface area contributed by atoms with Crippen molar-refractivity contribution in [2.75, 3.05) is 4.90 Å². The van der Waals surface area contributed by atoms with Crippen LogP contribution in [0.4, 0.5) is 5.69 Å². The number of aryl methyl sites for hydroxylation is 2. The monoisotopic (exact) mass is 430 g/mol. The molecule has 0 aliphatic carbocycles. The molecule has 0 spiro atoms. The molecule has 1 amide bonds. The van der Waals surface area contributed by atoms with E-state index >= 15 is 0 Å². The maximum atomic E-state index is 13.3. The van der Waals surface area contributed by atoms with E-state index < -0.39 is 0 Å². The first-order valence-electron chi connectivity index (χ1n) is 9.05. The summed E-state index contributed by atoms with van der Waals surface area (Å²) >= 11 is 3.44. The topological polar surface area (TPSA) is 32.7 Å². The molecule has 0 fully saturated rings. The summed E-state index contributed by atoms with van der Waals surface area (Å²) in [4.78, 5) is 19.7. The second kappa shape index (κ2) is 7.56. The Bertz CT molecular complexity index is 1100. The van der Waals surface area contributed by atoms with Gasteiger partial charge in [-0.3, -0.25) is 9.69 Å². The standard InChI is InChI=1S/C24H19BrN2O/c1-16-6-10-19(11-7-16)23-26-22(15-18-8-12-20(25)13-9-18)24(28)27(23)21-5-3-4-17(2)14-21/h3-15H,1-2H3/b22-15+. The van der Waals surface area contributed by atoms with Crippen molar-refractivity contribution in [3.63, 3.8) is 0 Å². The molecule has 1 heterocycles. The fourth-order valence-electron chi connectivity index (χ4n) is 3.14. The average Bonchev–Trinajstić information content (AvgIpc) is 3.00. The molecule has 4 heteroatoms. The van der Waals surface area contributed by atoms with Crippen LogP contribution >= 0.6 is 15.9 Å². The summed E-state index contributed by atoms with van der Waals surface area (Å²) in [5.74, 6) is 0.531. The summed E-state index contributed by atoms with van der Waals surface area (Å²) in [6.45, 7) is 4.06. The van der Waals surface area contributed by atoms with Gasteiger partial charge >= 0.3 is 0 Å². The van der Waals surface area contributed by atoms with Crippen molar-refractivity contribution in [1.29, 1.82) is 0 Å². The van der Waals surface area contributed by atoms with E-state index in [9.17, 15) is 4.79 Å². The second-order valence-electron chi connectivity index (χ2n) is 6.86. The van der Waals surface area contributed by atoms with Gasteiger partial charge in [0, 0.05) is 10.0 Å². The van der Waals surface area contributed by atoms with Crippen molar-refractivity contribution in [3.05, 3.63) is 105 Å². The molecule has 0 N–H and O–H groups in total. The number of carbonyl (C=O) groups is 1. The Morgan fingerprint density at radius 1 is 0.893 bits per heavy atom. The summed E-state index contributed by atoms with van der Waals surface area (Å²) in [6.07, 6.45) is 1.83. The molecule has 0 unspecified atom stereocenters. The largest absolute Gasteiger partial charge is 0.282 e. The Balaban J connectivity index is 1.82. The lowest BCUT2D eigenvalue weighted by atomic mass is 10.1. The van der Waals surface area contributed by atoms with Crippen molar-refractivity contribution >= 4 is 39.4 Å². The molecule has 1 aliphatic rings. The normalized spacial score (nSPS) is 15.2. The van der Waals surface area contributed by atoms with Crippen LogP contribution in [0, 0.1) is 13.8 Å². The van der Waals surface area contributed by atoms with Gasteiger partial charge in [0.1, 0.15) is 11.5 Å². The molecule has 28 heavy (non-hydrogen) atoms. The number of halogens is 1. The van der Waals surface area contributed by atoms with Crippen molar-refractivity contribution in [1.82, 2.24) is 0 Å². The molecule has 138 valence electrons. The number of rotatable bonds is 3. The molecule has 1 aliphatic heterocycles. The zero-order valence-corrected chi connectivity index (χ0v) is 17.3. The highest BCUT2D eigenvalue weighted by molar-refractivity contribution is 9.10. The van der Waals surface area contributed by atoms with Crippen molar-refractivity contribution in [2.45, 2.75) is 13.8 Å². The van der Waals surface area contributed by atoms with Gasteiger partial charge in [0.15, 0.2) is 0 Å². The summed E-state index contributed by atoms with van der Waals surface area (Å²) in [5.41, 5.74) is 5.37. The molecule has 0 saturated heterocycles. The first kappa shape index (κ1) is 18.4. The zero-order chi connectivity index (χ0) is 19.7. The lowest BCUT2D eigenvalue weighted by Crippen LogP contribution is -2.32. The molecule has 0 atom stereocenters. The van der Waals surface area contributed by atoms with E-state index in [-0.39, 0.29) is 5.91 Å². The third kappa shape index (κ3) is 3.69. The summed E-state index contributed by atoms with van der Waals surface area (Å²) in [5, 5.41) is 0. The van der Waals surface area contributed by atoms with Gasteiger partial charge in [0.2, 0.25) is 0 Å². The number of hydrogen-bond donors (Lipinski definition) is 0. The SMILES string of the molecule is Cc1ccc(C2=N/C(=C/c3ccc(Br)cc3)C(=O)N2c2cccc(C)c2)cc1. The molecule has 3 nitrogen and oxygen atoms in total. The van der Waals surface area contributed by atoms with Crippen LogP contribution in [-0.2, 0) is 4.79 Å². The first-order chi connectivity index (χ1) is 13.5. The Hall–Kier alpha value is -2.98. The van der Waals surface area contributed by atoms with Gasteiger partial charge in [-0.1, -0.05) is 70.0 Å². The third-order valence-electron chi connectivity index (χ3n) is 4.60. The molecule has 0 bridgehead atoms. The van der Waals surface area contributed by atoms with Crippen molar-refractivity contribution in [3.8, 4) is 0 Å². The molecule has 0 saturated carbocycles. The van der Waals surface area contributed by atoms with Gasteiger partial charge in [0.05, 0.1) is 5.69 Å². The summed E-state index contributed by atoms with van der Waals surface area (Å²) in [6, 6.07) is 23.8. The fourth-order valence-corrected chi connectivity index (χ4v) is 3.40. The predicted molar refractivity (Wildman–Crippen MR) is 119 cm³/mol. The molecule has 0 aromatic heterocycles. The summed E-state index contributed by atoms with van der Waals surface area (Å²) < 4.78 is 0.998. The second-order valence-corrected chi connectivity index (χ2v) is 7.78. The Kier molecular flexibility index (Phi) is 4.97. The highest BCUT2D eigenvalue weighted by atomic mass is 79.9. The number of hydrogen-bond acceptors (Lipinski definition) is 2. The Morgan fingerprint density at radius 2 is 1.61 bits per heavy atom. The average molecular weight is 431 g/mol. The predicted octanol–water partition coefficient (Wildman–Crippen LogP) is 5.90. The number of anilines is 1. The van der Waals surface area contributed by atoms with Crippen LogP contribution < -0.4 is 4.90 Å². The van der Waals surface area contributed by atoms with Crippen LogP contribution in [0.15, 0.2) is 88.0 Å². The van der Waals surface area contributed by atoms with Gasteiger partial charge in [-0.25, -0.2) is 4.99 Å². The van der Waals surface area contributed by atoms with E-state index in [2.05, 4.69) is 15.9 Å². The fraction of sp³-hybridized carbons (Fsp3) is 0.0833. The van der Waals surface area contributed by atoms with Crippen LogP contribution in [0.2, 0.25) is 0 Å². The van der Waals surface area contributed by atoms with Crippen LogP contribution in [0.5, 0.6) is 0 Å². The van der Waals surface area contributed by atoms with E-state index in [1.54, 1.807) is 4.90 Å². The number of amides is 1. The van der Waals surface area contributed by atoms with Gasteiger partial charge in [-0.2, -0.15) is 0 Å². The minimum Gasteiger partial charge on any atom is -0.266 e. The van der Waals surface area contributed by atoms with Gasteiger partial charge in [-0.15, -0.1) is 0 Å². The van der Waals surface area contributed by atoms with Crippen LogP contribution in [0.25, 0.3) is 6.08 Å². The third-order valence-corrected chi connectivity index (χ3v) is 5.13. The summed E-state index contributed by atoms with van der Waals surface area (Å²) in [7, 11) is 0. The first-order valence-corrected chi connectivity index (χ1v) is 9.85. The number of amidine groups is 1.